The number of hydrogen-bond acceptors (Lipinski definition) is 1. The van der Waals surface area contributed by atoms with Crippen molar-refractivity contribution < 1.29 is 8.78 Å². The van der Waals surface area contributed by atoms with Crippen LogP contribution in [0.25, 0.3) is 0 Å². The van der Waals surface area contributed by atoms with Crippen LogP contribution in [0.4, 0.5) is 8.78 Å². The van der Waals surface area contributed by atoms with Crippen LogP contribution in [0.1, 0.15) is 11.5 Å². The van der Waals surface area contributed by atoms with Crippen LogP contribution in [0, 0.1) is 18.1 Å². The van der Waals surface area contributed by atoms with Gasteiger partial charge in [-0.1, -0.05) is 6.07 Å². The van der Waals surface area contributed by atoms with Gasteiger partial charge in [0.2, 0.25) is 0 Å². The molecule has 14 heavy (non-hydrogen) atoms. The summed E-state index contributed by atoms with van der Waals surface area (Å²) in [4.78, 5) is 2.14. The fraction of sp³-hybridized carbons (Fsp3) is 0.364. The van der Waals surface area contributed by atoms with Gasteiger partial charge in [-0.25, -0.2) is 8.78 Å². The first kappa shape index (κ1) is 9.59. The zero-order chi connectivity index (χ0) is 10.1. The van der Waals surface area contributed by atoms with E-state index >= 15 is 0 Å². The lowest BCUT2D eigenvalue weighted by atomic mass is 9.98. The number of benzene rings is 1. The van der Waals surface area contributed by atoms with Crippen LogP contribution in [-0.4, -0.2) is 25.0 Å². The fourth-order valence-electron chi connectivity index (χ4n) is 1.78. The van der Waals surface area contributed by atoms with E-state index in [4.69, 9.17) is 0 Å². The first-order chi connectivity index (χ1) is 6.66. The summed E-state index contributed by atoms with van der Waals surface area (Å²) in [7, 11) is 2.01. The molecule has 0 unspecified atom stereocenters. The Morgan fingerprint density at radius 3 is 2.64 bits per heavy atom. The van der Waals surface area contributed by atoms with E-state index < -0.39 is 11.6 Å². The molecule has 0 amide bonds. The Morgan fingerprint density at radius 1 is 1.29 bits per heavy atom. The van der Waals surface area contributed by atoms with Gasteiger partial charge in [0.05, 0.1) is 0 Å². The third kappa shape index (κ3) is 1.77. The van der Waals surface area contributed by atoms with Crippen molar-refractivity contribution in [1.82, 2.24) is 4.90 Å². The summed E-state index contributed by atoms with van der Waals surface area (Å²) in [6.45, 7) is 1.79. The maximum atomic E-state index is 12.9. The van der Waals surface area contributed by atoms with Gasteiger partial charge in [-0.3, -0.25) is 0 Å². The largest absolute Gasteiger partial charge is 0.305 e. The van der Waals surface area contributed by atoms with E-state index in [-0.39, 0.29) is 5.92 Å². The summed E-state index contributed by atoms with van der Waals surface area (Å²) in [6, 6.07) is 4.13. The van der Waals surface area contributed by atoms with Crippen molar-refractivity contribution in [3.63, 3.8) is 0 Å². The fourth-order valence-corrected chi connectivity index (χ4v) is 1.78. The standard InChI is InChI=1S/C11H12F2N/c1-14-5-4-9(7-14)8-2-3-10(12)11(13)6-8/h2-4,6,9H,5,7H2,1H3/t9-/m0/s1. The molecule has 1 saturated heterocycles. The summed E-state index contributed by atoms with van der Waals surface area (Å²) < 4.78 is 25.6. The molecule has 1 aromatic rings. The highest BCUT2D eigenvalue weighted by Crippen LogP contribution is 2.26. The van der Waals surface area contributed by atoms with E-state index in [1.165, 1.54) is 12.1 Å². The first-order valence-electron chi connectivity index (χ1n) is 4.63. The van der Waals surface area contributed by atoms with E-state index in [9.17, 15) is 8.78 Å². The molecule has 1 atom stereocenters. The molecule has 1 nitrogen and oxygen atoms in total. The average molecular weight is 196 g/mol. The highest BCUT2D eigenvalue weighted by molar-refractivity contribution is 5.26. The number of nitrogens with zero attached hydrogens (tertiary/aromatic N) is 1. The third-order valence-electron chi connectivity index (χ3n) is 2.58. The van der Waals surface area contributed by atoms with Gasteiger partial charge < -0.3 is 4.90 Å². The molecular weight excluding hydrogens is 184 g/mol. The molecule has 1 aliphatic heterocycles. The molecule has 75 valence electrons. The number of likely N-dealkylation sites (tertiary alicyclic amines) is 1. The minimum atomic E-state index is -0.778. The van der Waals surface area contributed by atoms with Crippen LogP contribution in [0.3, 0.4) is 0 Å². The van der Waals surface area contributed by atoms with Gasteiger partial charge in [-0.15, -0.1) is 0 Å². The van der Waals surface area contributed by atoms with Crippen LogP contribution in [0.5, 0.6) is 0 Å². The topological polar surface area (TPSA) is 3.24 Å². The summed E-state index contributed by atoms with van der Waals surface area (Å²) >= 11 is 0. The molecule has 1 heterocycles. The molecule has 2 rings (SSSR count). The Labute approximate surface area is 82.3 Å². The second kappa shape index (κ2) is 3.65. The highest BCUT2D eigenvalue weighted by Gasteiger charge is 2.22. The van der Waals surface area contributed by atoms with Crippen molar-refractivity contribution in [3.05, 3.63) is 41.8 Å². The number of likely N-dealkylation sites (N-methyl/N-ethyl adjacent to an activating group) is 1. The van der Waals surface area contributed by atoms with Gasteiger partial charge >= 0.3 is 0 Å². The molecule has 0 aromatic heterocycles. The molecule has 1 fully saturated rings. The van der Waals surface area contributed by atoms with Gasteiger partial charge in [0.25, 0.3) is 0 Å². The van der Waals surface area contributed by atoms with Crippen LogP contribution < -0.4 is 0 Å². The predicted octanol–water partition coefficient (Wildman–Crippen LogP) is 2.20. The SMILES string of the molecule is CN1C[CH][C@H](c2ccc(F)c(F)c2)C1. The van der Waals surface area contributed by atoms with Crippen molar-refractivity contribution >= 4 is 0 Å². The Hall–Kier alpha value is -0.960. The van der Waals surface area contributed by atoms with E-state index in [1.54, 1.807) is 6.07 Å². The van der Waals surface area contributed by atoms with Gasteiger partial charge in [-0.2, -0.15) is 0 Å². The monoisotopic (exact) mass is 196 g/mol. The molecule has 1 radical (unpaired) electrons. The zero-order valence-electron chi connectivity index (χ0n) is 8.00. The summed E-state index contributed by atoms with van der Waals surface area (Å²) in [6.07, 6.45) is 2.12. The van der Waals surface area contributed by atoms with Gasteiger partial charge in [0, 0.05) is 19.0 Å². The maximum Gasteiger partial charge on any atom is 0.159 e. The molecule has 0 spiro atoms. The quantitative estimate of drug-likeness (QED) is 0.665. The molecule has 1 aliphatic rings. The molecule has 0 aliphatic carbocycles. The molecule has 1 aromatic carbocycles. The number of hydrogen-bond donors (Lipinski definition) is 0. The molecule has 3 heteroatoms. The smallest absolute Gasteiger partial charge is 0.159 e. The number of rotatable bonds is 1. The third-order valence-corrected chi connectivity index (χ3v) is 2.58. The summed E-state index contributed by atoms with van der Waals surface area (Å²) in [5.41, 5.74) is 0.855. The second-order valence-corrected chi connectivity index (χ2v) is 3.74. The van der Waals surface area contributed by atoms with Crippen LogP contribution >= 0.6 is 0 Å². The van der Waals surface area contributed by atoms with Gasteiger partial charge in [0.1, 0.15) is 0 Å². The Kier molecular flexibility index (Phi) is 2.50. The summed E-state index contributed by atoms with van der Waals surface area (Å²) in [5, 5.41) is 0. The molecule has 0 N–H and O–H groups in total. The van der Waals surface area contributed by atoms with Crippen molar-refractivity contribution in [3.8, 4) is 0 Å². The van der Waals surface area contributed by atoms with Crippen molar-refractivity contribution in [2.24, 2.45) is 0 Å². The molecule has 0 bridgehead atoms. The Bertz CT molecular complexity index is 338. The summed E-state index contributed by atoms with van der Waals surface area (Å²) in [5.74, 6) is -1.30. The normalized spacial score (nSPS) is 22.9. The van der Waals surface area contributed by atoms with Crippen LogP contribution in [0.15, 0.2) is 18.2 Å². The zero-order valence-corrected chi connectivity index (χ0v) is 8.00. The Balaban J connectivity index is 2.20. The van der Waals surface area contributed by atoms with E-state index in [2.05, 4.69) is 11.3 Å². The minimum Gasteiger partial charge on any atom is -0.305 e. The van der Waals surface area contributed by atoms with Crippen molar-refractivity contribution in [1.29, 1.82) is 0 Å². The van der Waals surface area contributed by atoms with Crippen molar-refractivity contribution in [2.75, 3.05) is 20.1 Å². The van der Waals surface area contributed by atoms with Crippen LogP contribution in [-0.2, 0) is 0 Å². The molecular formula is C11H12F2N. The average Bonchev–Trinajstić information content (AvgIpc) is 2.57. The lowest BCUT2D eigenvalue weighted by Gasteiger charge is -2.10. The van der Waals surface area contributed by atoms with E-state index in [0.29, 0.717) is 0 Å². The number of halogens is 2. The lowest BCUT2D eigenvalue weighted by Crippen LogP contribution is -2.13. The van der Waals surface area contributed by atoms with Crippen LogP contribution in [0.2, 0.25) is 0 Å². The van der Waals surface area contributed by atoms with E-state index in [1.807, 2.05) is 7.05 Å². The lowest BCUT2D eigenvalue weighted by molar-refractivity contribution is 0.414. The van der Waals surface area contributed by atoms with E-state index in [0.717, 1.165) is 18.7 Å². The Morgan fingerprint density at radius 2 is 2.07 bits per heavy atom. The van der Waals surface area contributed by atoms with Gasteiger partial charge in [-0.05, 0) is 31.2 Å². The second-order valence-electron chi connectivity index (χ2n) is 3.74. The van der Waals surface area contributed by atoms with Crippen molar-refractivity contribution in [2.45, 2.75) is 5.92 Å². The maximum absolute atomic E-state index is 12.9. The predicted molar refractivity (Wildman–Crippen MR) is 50.9 cm³/mol. The van der Waals surface area contributed by atoms with Gasteiger partial charge in [0.15, 0.2) is 11.6 Å². The molecule has 0 saturated carbocycles. The first-order valence-corrected chi connectivity index (χ1v) is 4.63. The highest BCUT2D eigenvalue weighted by atomic mass is 19.2. The minimum absolute atomic E-state index is 0.232.